The number of nitrogens with zero attached hydrogens (tertiary/aromatic N) is 1. The summed E-state index contributed by atoms with van der Waals surface area (Å²) in [7, 11) is 0. The number of carbonyl (C=O) groups is 1. The molecule has 2 nitrogen and oxygen atoms in total. The summed E-state index contributed by atoms with van der Waals surface area (Å²) in [6.45, 7) is 0. The Kier molecular flexibility index (Phi) is 2.28. The third-order valence-electron chi connectivity index (χ3n) is 1.04. The summed E-state index contributed by atoms with van der Waals surface area (Å²) < 4.78 is 24.9. The molecule has 0 aromatic carbocycles. The van der Waals surface area contributed by atoms with Crippen molar-refractivity contribution >= 4 is 22.2 Å². The summed E-state index contributed by atoms with van der Waals surface area (Å²) in [4.78, 5) is 13.2. The van der Waals surface area contributed by atoms with Crippen molar-refractivity contribution in [3.05, 3.63) is 28.0 Å². The molecule has 0 bridgehead atoms. The van der Waals surface area contributed by atoms with E-state index in [4.69, 9.17) is 0 Å². The molecule has 0 amide bonds. The Hall–Kier alpha value is -0.840. The maximum Gasteiger partial charge on any atom is 0.250 e. The lowest BCUT2D eigenvalue weighted by Gasteiger charge is -1.95. The molecule has 0 saturated carbocycles. The van der Waals surface area contributed by atoms with Crippen LogP contribution < -0.4 is 0 Å². The molecule has 1 rings (SSSR count). The highest BCUT2D eigenvalue weighted by Crippen LogP contribution is 2.13. The first-order chi connectivity index (χ1) is 5.15. The van der Waals surface area contributed by atoms with Gasteiger partial charge in [-0.25, -0.2) is 9.37 Å². The van der Waals surface area contributed by atoms with Crippen LogP contribution >= 0.6 is 15.9 Å². The molecule has 0 aliphatic rings. The highest BCUT2D eigenvalue weighted by Gasteiger charge is 2.09. The van der Waals surface area contributed by atoms with Gasteiger partial charge in [-0.05, 0) is 22.0 Å². The van der Waals surface area contributed by atoms with E-state index in [1.807, 2.05) is 0 Å². The second-order valence-electron chi connectivity index (χ2n) is 1.76. The van der Waals surface area contributed by atoms with Gasteiger partial charge in [-0.2, -0.15) is 4.39 Å². The normalized spacial score (nSPS) is 9.73. The summed E-state index contributed by atoms with van der Waals surface area (Å²) in [5.41, 5.74) is -0.343. The summed E-state index contributed by atoms with van der Waals surface area (Å²) in [6.07, 6.45) is 0.227. The lowest BCUT2D eigenvalue weighted by Crippen LogP contribution is -1.96. The minimum absolute atomic E-state index is 0.0958. The van der Waals surface area contributed by atoms with Gasteiger partial charge < -0.3 is 0 Å². The van der Waals surface area contributed by atoms with E-state index in [2.05, 4.69) is 20.9 Å². The van der Waals surface area contributed by atoms with Crippen LogP contribution in [0.15, 0.2) is 10.7 Å². The molecule has 1 aromatic rings. The fraction of sp³-hybridized carbons (Fsp3) is 0. The van der Waals surface area contributed by atoms with Crippen LogP contribution in [0.3, 0.4) is 0 Å². The summed E-state index contributed by atoms with van der Waals surface area (Å²) in [5.74, 6) is -2.50. The van der Waals surface area contributed by atoms with E-state index in [0.717, 1.165) is 6.07 Å². The highest BCUT2D eigenvalue weighted by molar-refractivity contribution is 9.10. The number of rotatable bonds is 1. The first-order valence-corrected chi connectivity index (χ1v) is 3.41. The molecule has 1 heterocycles. The maximum absolute atomic E-state index is 12.5. The molecule has 58 valence electrons. The van der Waals surface area contributed by atoms with Crippen molar-refractivity contribution in [3.8, 4) is 0 Å². The van der Waals surface area contributed by atoms with Crippen LogP contribution in [0.25, 0.3) is 0 Å². The lowest BCUT2D eigenvalue weighted by molar-refractivity contribution is 0.111. The Bertz CT molecular complexity index is 303. The second-order valence-corrected chi connectivity index (χ2v) is 2.57. The van der Waals surface area contributed by atoms with E-state index in [0.29, 0.717) is 0 Å². The van der Waals surface area contributed by atoms with Gasteiger partial charge in [-0.1, -0.05) is 0 Å². The zero-order chi connectivity index (χ0) is 8.43. The average Bonchev–Trinajstić information content (AvgIpc) is 1.96. The maximum atomic E-state index is 12.5. The Labute approximate surface area is 69.4 Å². The molecule has 11 heavy (non-hydrogen) atoms. The Morgan fingerprint density at radius 3 is 2.73 bits per heavy atom. The zero-order valence-electron chi connectivity index (χ0n) is 5.14. The number of aldehydes is 1. The molecule has 0 atom stereocenters. The minimum Gasteiger partial charge on any atom is -0.298 e. The van der Waals surface area contributed by atoms with E-state index in [1.54, 1.807) is 0 Å². The van der Waals surface area contributed by atoms with Crippen molar-refractivity contribution < 1.29 is 13.6 Å². The SMILES string of the molecule is O=Cc1cc(Br)nc(F)c1F. The zero-order valence-corrected chi connectivity index (χ0v) is 6.73. The van der Waals surface area contributed by atoms with Crippen LogP contribution in [0.1, 0.15) is 10.4 Å². The average molecular weight is 222 g/mol. The second kappa shape index (κ2) is 3.04. The van der Waals surface area contributed by atoms with Crippen molar-refractivity contribution in [2.24, 2.45) is 0 Å². The molecule has 0 saturated heterocycles. The molecule has 0 aliphatic heterocycles. The van der Waals surface area contributed by atoms with Crippen LogP contribution in [0.4, 0.5) is 8.78 Å². The fourth-order valence-electron chi connectivity index (χ4n) is 0.572. The van der Waals surface area contributed by atoms with E-state index in [1.165, 1.54) is 0 Å². The topological polar surface area (TPSA) is 30.0 Å². The number of hydrogen-bond donors (Lipinski definition) is 0. The predicted molar refractivity (Wildman–Crippen MR) is 37.2 cm³/mol. The molecule has 0 fully saturated rings. The molecule has 0 unspecified atom stereocenters. The van der Waals surface area contributed by atoms with Gasteiger partial charge in [0.2, 0.25) is 0 Å². The minimum atomic E-state index is -1.28. The number of carbonyl (C=O) groups excluding carboxylic acids is 1. The van der Waals surface area contributed by atoms with Gasteiger partial charge in [0, 0.05) is 0 Å². The molecular formula is C6H2BrF2NO. The predicted octanol–water partition coefficient (Wildman–Crippen LogP) is 1.93. The van der Waals surface area contributed by atoms with Crippen LogP contribution in [-0.4, -0.2) is 11.3 Å². The van der Waals surface area contributed by atoms with Crippen LogP contribution in [-0.2, 0) is 0 Å². The van der Waals surface area contributed by atoms with Gasteiger partial charge in [-0.15, -0.1) is 0 Å². The van der Waals surface area contributed by atoms with Gasteiger partial charge in [0.25, 0.3) is 5.95 Å². The first-order valence-electron chi connectivity index (χ1n) is 2.62. The quantitative estimate of drug-likeness (QED) is 0.536. The molecule has 0 radical (unpaired) electrons. The fourth-order valence-corrected chi connectivity index (χ4v) is 0.974. The summed E-state index contributed by atoms with van der Waals surface area (Å²) in [5, 5.41) is 0. The molecule has 0 aliphatic carbocycles. The summed E-state index contributed by atoms with van der Waals surface area (Å²) >= 11 is 2.81. The molecular weight excluding hydrogens is 220 g/mol. The number of pyridine rings is 1. The molecule has 5 heteroatoms. The van der Waals surface area contributed by atoms with Gasteiger partial charge in [-0.3, -0.25) is 4.79 Å². The van der Waals surface area contributed by atoms with Crippen molar-refractivity contribution in [3.63, 3.8) is 0 Å². The number of halogens is 3. The van der Waals surface area contributed by atoms with Crippen molar-refractivity contribution in [1.82, 2.24) is 4.98 Å². The van der Waals surface area contributed by atoms with Crippen LogP contribution in [0.5, 0.6) is 0 Å². The van der Waals surface area contributed by atoms with E-state index in [-0.39, 0.29) is 16.5 Å². The standard InChI is InChI=1S/C6H2BrF2NO/c7-4-1-3(2-11)5(8)6(9)10-4/h1-2H. The van der Waals surface area contributed by atoms with Crippen LogP contribution in [0.2, 0.25) is 0 Å². The van der Waals surface area contributed by atoms with Gasteiger partial charge in [0.05, 0.1) is 5.56 Å². The number of aromatic nitrogens is 1. The monoisotopic (exact) mass is 221 g/mol. The summed E-state index contributed by atoms with van der Waals surface area (Å²) in [6, 6.07) is 1.10. The van der Waals surface area contributed by atoms with Gasteiger partial charge in [0.15, 0.2) is 12.1 Å². The Morgan fingerprint density at radius 2 is 2.18 bits per heavy atom. The Morgan fingerprint density at radius 1 is 1.55 bits per heavy atom. The van der Waals surface area contributed by atoms with Gasteiger partial charge in [0.1, 0.15) is 4.60 Å². The van der Waals surface area contributed by atoms with Crippen molar-refractivity contribution in [2.75, 3.05) is 0 Å². The largest absolute Gasteiger partial charge is 0.298 e. The Balaban J connectivity index is 3.35. The van der Waals surface area contributed by atoms with Gasteiger partial charge >= 0.3 is 0 Å². The van der Waals surface area contributed by atoms with Crippen LogP contribution in [0, 0.1) is 11.8 Å². The molecule has 0 spiro atoms. The van der Waals surface area contributed by atoms with E-state index < -0.39 is 11.8 Å². The van der Waals surface area contributed by atoms with E-state index >= 15 is 0 Å². The van der Waals surface area contributed by atoms with Crippen molar-refractivity contribution in [2.45, 2.75) is 0 Å². The van der Waals surface area contributed by atoms with Crippen molar-refractivity contribution in [1.29, 1.82) is 0 Å². The van der Waals surface area contributed by atoms with E-state index in [9.17, 15) is 13.6 Å². The number of hydrogen-bond acceptors (Lipinski definition) is 2. The third-order valence-corrected chi connectivity index (χ3v) is 1.45. The molecule has 1 aromatic heterocycles. The third kappa shape index (κ3) is 1.59. The lowest BCUT2D eigenvalue weighted by atomic mass is 10.3. The highest BCUT2D eigenvalue weighted by atomic mass is 79.9. The smallest absolute Gasteiger partial charge is 0.250 e. The molecule has 0 N–H and O–H groups in total. The first kappa shape index (κ1) is 8.26.